The van der Waals surface area contributed by atoms with Gasteiger partial charge in [0.25, 0.3) is 5.91 Å². The number of hydrogen-bond acceptors (Lipinski definition) is 4. The van der Waals surface area contributed by atoms with Crippen LogP contribution in [0.1, 0.15) is 34.5 Å². The van der Waals surface area contributed by atoms with Crippen LogP contribution in [0, 0.1) is 0 Å². The Bertz CT molecular complexity index is 1510. The van der Waals surface area contributed by atoms with E-state index in [2.05, 4.69) is 10.4 Å². The van der Waals surface area contributed by atoms with Gasteiger partial charge in [-0.1, -0.05) is 60.1 Å². The maximum absolute atomic E-state index is 13.8. The number of benzene rings is 3. The lowest BCUT2D eigenvalue weighted by Gasteiger charge is -2.30. The van der Waals surface area contributed by atoms with Gasteiger partial charge >= 0.3 is 6.03 Å². The number of urea groups is 1. The van der Waals surface area contributed by atoms with Crippen LogP contribution in [-0.2, 0) is 11.3 Å². The molecule has 0 bridgehead atoms. The van der Waals surface area contributed by atoms with Gasteiger partial charge in [0.2, 0.25) is 5.91 Å². The molecule has 4 aromatic rings. The maximum Gasteiger partial charge on any atom is 0.318 e. The van der Waals surface area contributed by atoms with E-state index >= 15 is 0 Å². The molecule has 0 saturated carbocycles. The molecule has 39 heavy (non-hydrogen) atoms. The molecule has 5 rings (SSSR count). The number of carbonyl (C=O) groups excluding carboxylic acids is 3. The molecule has 0 fully saturated rings. The summed E-state index contributed by atoms with van der Waals surface area (Å²) in [6.07, 6.45) is 3.45. The van der Waals surface area contributed by atoms with Crippen molar-refractivity contribution in [2.45, 2.75) is 25.6 Å². The van der Waals surface area contributed by atoms with Crippen LogP contribution in [0.25, 0.3) is 5.69 Å². The summed E-state index contributed by atoms with van der Waals surface area (Å²) in [6, 6.07) is 21.4. The van der Waals surface area contributed by atoms with Crippen molar-refractivity contribution in [3.8, 4) is 5.69 Å². The van der Waals surface area contributed by atoms with E-state index in [0.717, 1.165) is 11.3 Å². The highest BCUT2D eigenvalue weighted by atomic mass is 35.5. The Morgan fingerprint density at radius 1 is 1.03 bits per heavy atom. The molecule has 0 aliphatic carbocycles. The fourth-order valence-electron chi connectivity index (χ4n) is 4.73. The summed E-state index contributed by atoms with van der Waals surface area (Å²) in [7, 11) is 0. The molecule has 3 N–H and O–H groups in total. The van der Waals surface area contributed by atoms with E-state index in [9.17, 15) is 14.4 Å². The lowest BCUT2D eigenvalue weighted by atomic mass is 10.1. The molecule has 9 nitrogen and oxygen atoms in total. The highest BCUT2D eigenvalue weighted by Crippen LogP contribution is 2.31. The van der Waals surface area contributed by atoms with Crippen LogP contribution >= 0.6 is 11.6 Å². The minimum atomic E-state index is -0.991. The number of anilines is 1. The van der Waals surface area contributed by atoms with Gasteiger partial charge in [-0.25, -0.2) is 9.48 Å². The normalized spacial score (nSPS) is 15.7. The summed E-state index contributed by atoms with van der Waals surface area (Å²) in [5.74, 6) is -0.949. The first-order chi connectivity index (χ1) is 18.8. The Morgan fingerprint density at radius 3 is 2.46 bits per heavy atom. The van der Waals surface area contributed by atoms with E-state index in [-0.39, 0.29) is 19.0 Å². The standard InChI is InChI=1S/C29H27ClN6O3/c1-19-17-35(28(38)23-13-12-22(16-24(23)30)36-15-7-14-32-36)25-11-6-5-10-21(25)18-34(19)29(39)33-26(27(31)37)20-8-3-2-4-9-20/h2-16,19,26H,17-18H2,1H3,(H2,31,37)(H,33,39)/t19-,26+/m1/s1. The zero-order valence-electron chi connectivity index (χ0n) is 21.2. The molecule has 1 aliphatic rings. The van der Waals surface area contributed by atoms with Gasteiger partial charge in [-0.05, 0) is 48.4 Å². The monoisotopic (exact) mass is 542 g/mol. The van der Waals surface area contributed by atoms with Crippen molar-refractivity contribution in [3.63, 3.8) is 0 Å². The number of amides is 4. The van der Waals surface area contributed by atoms with Gasteiger partial charge in [-0.2, -0.15) is 5.10 Å². The molecular weight excluding hydrogens is 516 g/mol. The summed E-state index contributed by atoms with van der Waals surface area (Å²) in [6.45, 7) is 2.31. The zero-order valence-corrected chi connectivity index (χ0v) is 22.0. The predicted molar refractivity (Wildman–Crippen MR) is 149 cm³/mol. The van der Waals surface area contributed by atoms with Crippen LogP contribution in [-0.4, -0.2) is 45.1 Å². The van der Waals surface area contributed by atoms with Crippen molar-refractivity contribution in [3.05, 3.63) is 113 Å². The number of halogens is 1. The Balaban J connectivity index is 1.42. The van der Waals surface area contributed by atoms with Crippen molar-refractivity contribution in [1.29, 1.82) is 0 Å². The van der Waals surface area contributed by atoms with Gasteiger partial charge < -0.3 is 20.9 Å². The number of primary amides is 1. The van der Waals surface area contributed by atoms with Crippen molar-refractivity contribution < 1.29 is 14.4 Å². The van der Waals surface area contributed by atoms with E-state index in [1.165, 1.54) is 0 Å². The van der Waals surface area contributed by atoms with Gasteiger partial charge in [-0.3, -0.25) is 9.59 Å². The van der Waals surface area contributed by atoms with Crippen LogP contribution in [0.15, 0.2) is 91.3 Å². The van der Waals surface area contributed by atoms with Crippen molar-refractivity contribution >= 4 is 35.1 Å². The molecule has 2 atom stereocenters. The first-order valence-corrected chi connectivity index (χ1v) is 12.8. The largest absolute Gasteiger partial charge is 0.368 e. The number of nitrogens with two attached hydrogens (primary N) is 1. The third kappa shape index (κ3) is 5.35. The Kier molecular flexibility index (Phi) is 7.33. The zero-order chi connectivity index (χ0) is 27.5. The number of nitrogens with zero attached hydrogens (tertiary/aromatic N) is 4. The lowest BCUT2D eigenvalue weighted by molar-refractivity contribution is -0.120. The van der Waals surface area contributed by atoms with Crippen molar-refractivity contribution in [1.82, 2.24) is 20.0 Å². The van der Waals surface area contributed by atoms with Gasteiger partial charge in [0.15, 0.2) is 0 Å². The van der Waals surface area contributed by atoms with E-state index in [4.69, 9.17) is 17.3 Å². The van der Waals surface area contributed by atoms with E-state index in [1.807, 2.05) is 37.3 Å². The predicted octanol–water partition coefficient (Wildman–Crippen LogP) is 4.31. The number of fused-ring (bicyclic) bond motifs is 1. The van der Waals surface area contributed by atoms with Gasteiger partial charge in [0, 0.05) is 37.2 Å². The van der Waals surface area contributed by atoms with Crippen LogP contribution < -0.4 is 16.0 Å². The molecule has 10 heteroatoms. The highest BCUT2D eigenvalue weighted by Gasteiger charge is 2.33. The minimum absolute atomic E-state index is 0.215. The van der Waals surface area contributed by atoms with Crippen molar-refractivity contribution in [2.24, 2.45) is 5.73 Å². The first-order valence-electron chi connectivity index (χ1n) is 12.4. The Morgan fingerprint density at radius 2 is 1.77 bits per heavy atom. The average Bonchev–Trinajstić information content (AvgIpc) is 3.43. The number of aromatic nitrogens is 2. The SMILES string of the molecule is C[C@@H]1CN(C(=O)c2ccc(-n3cccn3)cc2Cl)c2ccccc2CN1C(=O)N[C@H](C(N)=O)c1ccccc1. The number of hydrogen-bond donors (Lipinski definition) is 2. The molecule has 1 aliphatic heterocycles. The van der Waals surface area contributed by atoms with E-state index < -0.39 is 24.0 Å². The lowest BCUT2D eigenvalue weighted by Crippen LogP contribution is -2.50. The number of rotatable bonds is 5. The topological polar surface area (TPSA) is 114 Å². The second-order valence-electron chi connectivity index (χ2n) is 9.33. The first kappa shape index (κ1) is 26.0. The molecule has 2 heterocycles. The van der Waals surface area contributed by atoms with Crippen LogP contribution in [0.4, 0.5) is 10.5 Å². The number of nitrogens with one attached hydrogen (secondary N) is 1. The van der Waals surface area contributed by atoms with E-state index in [1.54, 1.807) is 75.4 Å². The van der Waals surface area contributed by atoms with Gasteiger partial charge in [-0.15, -0.1) is 0 Å². The highest BCUT2D eigenvalue weighted by molar-refractivity contribution is 6.34. The van der Waals surface area contributed by atoms with Crippen molar-refractivity contribution in [2.75, 3.05) is 11.4 Å². The molecule has 1 aromatic heterocycles. The number of para-hydroxylation sites is 1. The molecule has 0 saturated heterocycles. The summed E-state index contributed by atoms with van der Waals surface area (Å²) in [5, 5.41) is 7.28. The maximum atomic E-state index is 13.8. The fraction of sp³-hybridized carbons (Fsp3) is 0.172. The minimum Gasteiger partial charge on any atom is -0.368 e. The Hall–Kier alpha value is -4.63. The van der Waals surface area contributed by atoms with Crippen LogP contribution in [0.2, 0.25) is 5.02 Å². The quantitative estimate of drug-likeness (QED) is 0.391. The van der Waals surface area contributed by atoms with Gasteiger partial charge in [0.1, 0.15) is 6.04 Å². The van der Waals surface area contributed by atoms with Crippen LogP contribution in [0.3, 0.4) is 0 Å². The third-order valence-corrected chi connectivity index (χ3v) is 7.06. The molecule has 3 aromatic carbocycles. The second-order valence-corrected chi connectivity index (χ2v) is 9.74. The molecular formula is C29H27ClN6O3. The second kappa shape index (κ2) is 11.0. The summed E-state index contributed by atoms with van der Waals surface area (Å²) in [5.41, 5.74) is 8.76. The summed E-state index contributed by atoms with van der Waals surface area (Å²) in [4.78, 5) is 42.8. The molecule has 0 spiro atoms. The molecule has 4 amide bonds. The van der Waals surface area contributed by atoms with Crippen LogP contribution in [0.5, 0.6) is 0 Å². The fourth-order valence-corrected chi connectivity index (χ4v) is 4.99. The van der Waals surface area contributed by atoms with Gasteiger partial charge in [0.05, 0.1) is 16.3 Å². The number of carbonyl (C=O) groups is 3. The third-order valence-electron chi connectivity index (χ3n) is 6.75. The Labute approximate surface area is 230 Å². The average molecular weight is 543 g/mol. The summed E-state index contributed by atoms with van der Waals surface area (Å²) >= 11 is 6.58. The molecule has 0 radical (unpaired) electrons. The summed E-state index contributed by atoms with van der Waals surface area (Å²) < 4.78 is 1.66. The molecule has 198 valence electrons. The van der Waals surface area contributed by atoms with E-state index in [0.29, 0.717) is 21.8 Å². The molecule has 0 unspecified atom stereocenters. The smallest absolute Gasteiger partial charge is 0.318 e.